The number of rotatable bonds is 7. The van der Waals surface area contributed by atoms with Crippen molar-refractivity contribution in [1.82, 2.24) is 24.6 Å². The van der Waals surface area contributed by atoms with Gasteiger partial charge in [0, 0.05) is 33.2 Å². The molecule has 0 amide bonds. The van der Waals surface area contributed by atoms with E-state index in [2.05, 4.69) is 59.2 Å². The van der Waals surface area contributed by atoms with Gasteiger partial charge in [-0.2, -0.15) is 10.1 Å². The molecule has 2 fully saturated rings. The van der Waals surface area contributed by atoms with Gasteiger partial charge >= 0.3 is 0 Å². The molecule has 2 saturated heterocycles. The molecule has 0 radical (unpaired) electrons. The first-order chi connectivity index (χ1) is 16.4. The van der Waals surface area contributed by atoms with E-state index in [4.69, 9.17) is 9.97 Å². The number of aryl methyl sites for hydroxylation is 3. The van der Waals surface area contributed by atoms with Gasteiger partial charge in [0.05, 0.1) is 18.8 Å². The number of likely N-dealkylation sites (tertiary alicyclic amines) is 1. The zero-order valence-electron chi connectivity index (χ0n) is 20.8. The van der Waals surface area contributed by atoms with Crippen LogP contribution in [-0.2, 0) is 7.05 Å². The minimum absolute atomic E-state index is 0.109. The summed E-state index contributed by atoms with van der Waals surface area (Å²) in [5.41, 5.74) is 5.50. The van der Waals surface area contributed by atoms with Crippen LogP contribution in [0.2, 0.25) is 0 Å². The van der Waals surface area contributed by atoms with Crippen LogP contribution < -0.4 is 10.2 Å². The highest BCUT2D eigenvalue weighted by atomic mass is 16.3. The summed E-state index contributed by atoms with van der Waals surface area (Å²) in [4.78, 5) is 14.5. The number of hydrogen-bond donors (Lipinski definition) is 2. The molecule has 1 aromatic carbocycles. The predicted molar refractivity (Wildman–Crippen MR) is 136 cm³/mol. The Hall–Kier alpha value is -2.71. The number of hydrogen-bond acceptors (Lipinski definition) is 7. The normalized spacial score (nSPS) is 20.5. The molecule has 182 valence electrons. The molecule has 0 unspecified atom stereocenters. The summed E-state index contributed by atoms with van der Waals surface area (Å²) in [6, 6.07) is 6.69. The second kappa shape index (κ2) is 9.50. The molecule has 2 aliphatic rings. The molecule has 4 heterocycles. The number of piperidine rings is 1. The summed E-state index contributed by atoms with van der Waals surface area (Å²) < 4.78 is 1.81. The van der Waals surface area contributed by atoms with Crippen LogP contribution >= 0.6 is 0 Å². The average Bonchev–Trinajstić information content (AvgIpc) is 3.14. The third-order valence-corrected chi connectivity index (χ3v) is 7.53. The molecule has 0 saturated carbocycles. The number of aromatic nitrogens is 4. The standard InChI is InChI=1S/C26H37N7O/c1-17-7-8-22(18(2)12-17)19(3)27-25-24-23(16-31(4)30-24)28-26(29-25)33-14-21(15-33)20-6-5-9-32(13-20)10-11-34/h7-8,12,16,19-21,34H,5-6,9-11,13-15H2,1-4H3,(H,27,28,29)/t19-,20+/m1/s1. The lowest BCUT2D eigenvalue weighted by Crippen LogP contribution is -2.54. The fourth-order valence-corrected chi connectivity index (χ4v) is 5.64. The Balaban J connectivity index is 1.33. The maximum Gasteiger partial charge on any atom is 0.228 e. The number of nitrogens with zero attached hydrogens (tertiary/aromatic N) is 6. The maximum atomic E-state index is 9.30. The molecular formula is C26H37N7O. The maximum absolute atomic E-state index is 9.30. The first-order valence-corrected chi connectivity index (χ1v) is 12.5. The van der Waals surface area contributed by atoms with Crippen LogP contribution in [0, 0.1) is 25.7 Å². The smallest absolute Gasteiger partial charge is 0.228 e. The van der Waals surface area contributed by atoms with Crippen molar-refractivity contribution in [2.45, 2.75) is 39.7 Å². The van der Waals surface area contributed by atoms with Crippen molar-refractivity contribution in [2.75, 3.05) is 49.5 Å². The highest BCUT2D eigenvalue weighted by Crippen LogP contribution is 2.34. The molecule has 5 rings (SSSR count). The molecule has 2 atom stereocenters. The van der Waals surface area contributed by atoms with Crippen molar-refractivity contribution >= 4 is 22.8 Å². The van der Waals surface area contributed by atoms with E-state index in [0.717, 1.165) is 55.5 Å². The van der Waals surface area contributed by atoms with Crippen molar-refractivity contribution in [3.63, 3.8) is 0 Å². The number of benzene rings is 1. The van der Waals surface area contributed by atoms with Crippen LogP contribution in [-0.4, -0.2) is 69.1 Å². The minimum Gasteiger partial charge on any atom is -0.395 e. The zero-order chi connectivity index (χ0) is 23.8. The van der Waals surface area contributed by atoms with E-state index in [-0.39, 0.29) is 12.6 Å². The third kappa shape index (κ3) is 4.61. The van der Waals surface area contributed by atoms with Gasteiger partial charge in [0.2, 0.25) is 5.95 Å². The van der Waals surface area contributed by atoms with Crippen molar-refractivity contribution in [3.8, 4) is 0 Å². The van der Waals surface area contributed by atoms with Crippen molar-refractivity contribution in [2.24, 2.45) is 18.9 Å². The zero-order valence-corrected chi connectivity index (χ0v) is 20.8. The summed E-state index contributed by atoms with van der Waals surface area (Å²) in [6.45, 7) is 11.7. The van der Waals surface area contributed by atoms with E-state index in [1.165, 1.54) is 29.5 Å². The van der Waals surface area contributed by atoms with Gasteiger partial charge in [-0.25, -0.2) is 4.98 Å². The Morgan fingerprint density at radius 2 is 1.97 bits per heavy atom. The number of aliphatic hydroxyl groups excluding tert-OH is 1. The minimum atomic E-state index is 0.109. The quantitative estimate of drug-likeness (QED) is 0.556. The Labute approximate surface area is 202 Å². The number of anilines is 2. The van der Waals surface area contributed by atoms with Crippen LogP contribution in [0.1, 0.15) is 42.5 Å². The Morgan fingerprint density at radius 1 is 1.15 bits per heavy atom. The van der Waals surface area contributed by atoms with Gasteiger partial charge in [-0.05, 0) is 63.1 Å². The van der Waals surface area contributed by atoms with E-state index in [0.29, 0.717) is 11.8 Å². The molecule has 2 aromatic heterocycles. The summed E-state index contributed by atoms with van der Waals surface area (Å²) >= 11 is 0. The summed E-state index contributed by atoms with van der Waals surface area (Å²) in [6.07, 6.45) is 4.48. The molecular weight excluding hydrogens is 426 g/mol. The van der Waals surface area contributed by atoms with Gasteiger partial charge in [-0.15, -0.1) is 0 Å². The first-order valence-electron chi connectivity index (χ1n) is 12.5. The van der Waals surface area contributed by atoms with Gasteiger partial charge in [-0.1, -0.05) is 23.8 Å². The van der Waals surface area contributed by atoms with E-state index in [1.54, 1.807) is 0 Å². The third-order valence-electron chi connectivity index (χ3n) is 7.53. The Bertz CT molecular complexity index is 1150. The lowest BCUT2D eigenvalue weighted by atomic mass is 9.81. The van der Waals surface area contributed by atoms with Gasteiger partial charge in [0.25, 0.3) is 0 Å². The topological polar surface area (TPSA) is 82.3 Å². The van der Waals surface area contributed by atoms with Crippen LogP contribution in [0.5, 0.6) is 0 Å². The molecule has 0 spiro atoms. The van der Waals surface area contributed by atoms with Crippen LogP contribution in [0.25, 0.3) is 11.0 Å². The predicted octanol–water partition coefficient (Wildman–Crippen LogP) is 3.29. The molecule has 8 nitrogen and oxygen atoms in total. The first kappa shape index (κ1) is 23.1. The van der Waals surface area contributed by atoms with Gasteiger partial charge in [0.15, 0.2) is 11.3 Å². The van der Waals surface area contributed by atoms with Gasteiger partial charge in [-0.3, -0.25) is 4.68 Å². The highest BCUT2D eigenvalue weighted by Gasteiger charge is 2.37. The largest absolute Gasteiger partial charge is 0.395 e. The lowest BCUT2D eigenvalue weighted by molar-refractivity contribution is 0.101. The molecule has 34 heavy (non-hydrogen) atoms. The molecule has 2 N–H and O–H groups in total. The molecule has 8 heteroatoms. The van der Waals surface area contributed by atoms with E-state index >= 15 is 0 Å². The van der Waals surface area contributed by atoms with E-state index < -0.39 is 0 Å². The Kier molecular flexibility index (Phi) is 6.44. The van der Waals surface area contributed by atoms with Crippen LogP contribution in [0.3, 0.4) is 0 Å². The fraction of sp³-hybridized carbons (Fsp3) is 0.577. The van der Waals surface area contributed by atoms with Gasteiger partial charge in [0.1, 0.15) is 5.52 Å². The molecule has 2 aliphatic heterocycles. The molecule has 3 aromatic rings. The molecule has 0 bridgehead atoms. The summed E-state index contributed by atoms with van der Waals surface area (Å²) in [7, 11) is 1.93. The number of β-amino-alcohol motifs (C(OH)–C–C–N with tert-alkyl or cyclic N) is 1. The SMILES string of the molecule is Cc1ccc([C@@H](C)Nc2nc(N3CC([C@H]4CCCN(CCO)C4)C3)nc3cn(C)nc23)c(C)c1. The second-order valence-electron chi connectivity index (χ2n) is 10.2. The highest BCUT2D eigenvalue weighted by molar-refractivity contribution is 5.86. The monoisotopic (exact) mass is 463 g/mol. The summed E-state index contributed by atoms with van der Waals surface area (Å²) in [5, 5.41) is 17.6. The number of aliphatic hydroxyl groups is 1. The number of fused-ring (bicyclic) bond motifs is 1. The van der Waals surface area contributed by atoms with Crippen LogP contribution in [0.15, 0.2) is 24.4 Å². The lowest BCUT2D eigenvalue weighted by Gasteiger charge is -2.46. The van der Waals surface area contributed by atoms with E-state index in [1.807, 2.05) is 17.9 Å². The van der Waals surface area contributed by atoms with Crippen molar-refractivity contribution in [3.05, 3.63) is 41.1 Å². The molecule has 0 aliphatic carbocycles. The second-order valence-corrected chi connectivity index (χ2v) is 10.2. The Morgan fingerprint density at radius 3 is 2.74 bits per heavy atom. The van der Waals surface area contributed by atoms with Gasteiger partial charge < -0.3 is 20.2 Å². The van der Waals surface area contributed by atoms with Crippen molar-refractivity contribution in [1.29, 1.82) is 0 Å². The fourth-order valence-electron chi connectivity index (χ4n) is 5.64. The van der Waals surface area contributed by atoms with Crippen molar-refractivity contribution < 1.29 is 5.11 Å². The average molecular weight is 464 g/mol. The number of nitrogens with one attached hydrogen (secondary N) is 1. The van der Waals surface area contributed by atoms with Crippen LogP contribution in [0.4, 0.5) is 11.8 Å². The summed E-state index contributed by atoms with van der Waals surface area (Å²) in [5.74, 6) is 2.94. The van der Waals surface area contributed by atoms with E-state index in [9.17, 15) is 5.11 Å².